The van der Waals surface area contributed by atoms with E-state index in [4.69, 9.17) is 14.4 Å². The zero-order chi connectivity index (χ0) is 32.0. The number of rotatable bonds is 12. The maximum Gasteiger partial charge on any atom is 0.330 e. The quantitative estimate of drug-likeness (QED) is 0.0644. The van der Waals surface area contributed by atoms with Crippen LogP contribution in [-0.2, 0) is 28.7 Å². The molecular weight excluding hydrogens is 556 g/mol. The molecule has 10 nitrogen and oxygen atoms in total. The second kappa shape index (κ2) is 12.2. The van der Waals surface area contributed by atoms with Gasteiger partial charge < -0.3 is 24.8 Å². The first kappa shape index (κ1) is 33.5. The summed E-state index contributed by atoms with van der Waals surface area (Å²) in [5.74, 6) is -6.03. The van der Waals surface area contributed by atoms with Gasteiger partial charge in [-0.2, -0.15) is 0 Å². The third-order valence-electron chi connectivity index (χ3n) is 10.7. The Labute approximate surface area is 253 Å². The fraction of sp³-hybridized carbons (Fsp3) is 0.727. The average molecular weight is 605 g/mol. The average Bonchev–Trinajstić information content (AvgIpc) is 3.35. The van der Waals surface area contributed by atoms with Crippen LogP contribution in [0.15, 0.2) is 35.5 Å². The van der Waals surface area contributed by atoms with Crippen molar-refractivity contribution in [1.82, 2.24) is 0 Å². The Kier molecular flexibility index (Phi) is 9.51. The molecule has 0 bridgehead atoms. The van der Waals surface area contributed by atoms with Crippen molar-refractivity contribution in [3.63, 3.8) is 0 Å². The number of unbranched alkanes of at least 4 members (excludes halogenated alkanes) is 6. The highest BCUT2D eigenvalue weighted by Gasteiger charge is 2.89. The molecule has 2 fully saturated rings. The first-order valence-corrected chi connectivity index (χ1v) is 15.6. The Bertz CT molecular complexity index is 1200. The zero-order valence-corrected chi connectivity index (χ0v) is 26.2. The van der Waals surface area contributed by atoms with E-state index in [1.165, 1.54) is 45.3 Å². The summed E-state index contributed by atoms with van der Waals surface area (Å²) in [5, 5.41) is 45.1. The Morgan fingerprint density at radius 3 is 2.35 bits per heavy atom. The highest BCUT2D eigenvalue weighted by atomic mass is 17.1. The number of allylic oxidation sites excluding steroid dienone is 1. The number of ketones is 1. The van der Waals surface area contributed by atoms with E-state index in [-0.39, 0.29) is 11.1 Å². The van der Waals surface area contributed by atoms with Crippen LogP contribution >= 0.6 is 0 Å². The summed E-state index contributed by atoms with van der Waals surface area (Å²) in [6.07, 6.45) is 10.6. The third kappa shape index (κ3) is 5.13. The molecule has 4 N–H and O–H groups in total. The van der Waals surface area contributed by atoms with Crippen LogP contribution in [0.5, 0.6) is 0 Å². The number of aliphatic hydroxyl groups is 3. The molecule has 0 radical (unpaired) electrons. The maximum atomic E-state index is 13.3. The number of hydrogen-bond acceptors (Lipinski definition) is 10. The van der Waals surface area contributed by atoms with E-state index in [0.29, 0.717) is 6.42 Å². The van der Waals surface area contributed by atoms with E-state index >= 15 is 0 Å². The number of ether oxygens (including phenoxy) is 2. The zero-order valence-electron chi connectivity index (χ0n) is 26.2. The SMILES string of the molecule is CCCCCCCC/C=C/C(=O)O[C@@H]1[C@@H](C)[C@@]2(O)[C@H]([C@@H]3C(C)(C)[C@]13OC(C)=O)[C@@H](OO)C(CO)=C[C@]1(O)C(=O)C(C)=C[C@@H]21. The minimum absolute atomic E-state index is 0.00655. The van der Waals surface area contributed by atoms with Crippen LogP contribution in [0.3, 0.4) is 0 Å². The topological polar surface area (TPSA) is 160 Å². The van der Waals surface area contributed by atoms with Crippen molar-refractivity contribution in [2.75, 3.05) is 6.61 Å². The Balaban J connectivity index is 1.74. The van der Waals surface area contributed by atoms with Gasteiger partial charge in [0.25, 0.3) is 0 Å². The van der Waals surface area contributed by atoms with Crippen molar-refractivity contribution >= 4 is 17.7 Å². The number of Topliss-reactive ketones (excluding diaryl/α,β-unsaturated/α-hetero) is 1. The van der Waals surface area contributed by atoms with Crippen LogP contribution in [0.1, 0.15) is 86.5 Å². The number of aliphatic hydroxyl groups excluding tert-OH is 1. The molecule has 0 aromatic rings. The number of carbonyl (C=O) groups is 3. The summed E-state index contributed by atoms with van der Waals surface area (Å²) >= 11 is 0. The first-order valence-electron chi connectivity index (χ1n) is 15.6. The number of esters is 2. The molecule has 4 rings (SSSR count). The molecule has 0 aromatic heterocycles. The second-order valence-corrected chi connectivity index (χ2v) is 13.5. The van der Waals surface area contributed by atoms with Crippen LogP contribution in [-0.4, -0.2) is 73.9 Å². The molecule has 4 aliphatic carbocycles. The minimum atomic E-state index is -2.25. The van der Waals surface area contributed by atoms with Crippen LogP contribution < -0.4 is 0 Å². The molecule has 2 saturated carbocycles. The van der Waals surface area contributed by atoms with E-state index in [2.05, 4.69) is 6.92 Å². The lowest BCUT2D eigenvalue weighted by molar-refractivity contribution is -0.313. The predicted molar refractivity (Wildman–Crippen MR) is 156 cm³/mol. The fourth-order valence-corrected chi connectivity index (χ4v) is 8.63. The van der Waals surface area contributed by atoms with Crippen LogP contribution in [0.2, 0.25) is 0 Å². The smallest absolute Gasteiger partial charge is 0.330 e. The molecule has 0 heterocycles. The van der Waals surface area contributed by atoms with E-state index in [0.717, 1.165) is 25.3 Å². The van der Waals surface area contributed by atoms with Crippen molar-refractivity contribution in [1.29, 1.82) is 0 Å². The summed E-state index contributed by atoms with van der Waals surface area (Å²) in [6, 6.07) is 0. The fourth-order valence-electron chi connectivity index (χ4n) is 8.63. The van der Waals surface area contributed by atoms with Crippen LogP contribution in [0, 0.1) is 29.1 Å². The van der Waals surface area contributed by atoms with Gasteiger partial charge in [-0.05, 0) is 37.0 Å². The van der Waals surface area contributed by atoms with Crippen molar-refractivity contribution in [3.8, 4) is 0 Å². The monoisotopic (exact) mass is 604 g/mol. The molecule has 10 heteroatoms. The molecule has 0 aliphatic heterocycles. The van der Waals surface area contributed by atoms with Gasteiger partial charge in [-0.1, -0.05) is 72.0 Å². The maximum absolute atomic E-state index is 13.3. The van der Waals surface area contributed by atoms with E-state index < -0.39 is 82.4 Å². The van der Waals surface area contributed by atoms with Gasteiger partial charge >= 0.3 is 11.9 Å². The predicted octanol–water partition coefficient (Wildman–Crippen LogP) is 3.83. The van der Waals surface area contributed by atoms with Gasteiger partial charge in [-0.15, -0.1) is 0 Å². The summed E-state index contributed by atoms with van der Waals surface area (Å²) in [7, 11) is 0. The van der Waals surface area contributed by atoms with Crippen molar-refractivity contribution in [2.24, 2.45) is 29.1 Å². The lowest BCUT2D eigenvalue weighted by Crippen LogP contribution is -2.68. The normalized spacial score (nSPS) is 39.3. The highest BCUT2D eigenvalue weighted by molar-refractivity contribution is 6.06. The van der Waals surface area contributed by atoms with Crippen molar-refractivity contribution in [2.45, 2.75) is 115 Å². The largest absolute Gasteiger partial charge is 0.455 e. The molecule has 0 aromatic carbocycles. The lowest BCUT2D eigenvalue weighted by Gasteiger charge is -2.54. The van der Waals surface area contributed by atoms with Gasteiger partial charge in [0.05, 0.1) is 12.2 Å². The molecule has 43 heavy (non-hydrogen) atoms. The van der Waals surface area contributed by atoms with Gasteiger partial charge in [0.15, 0.2) is 17.0 Å². The van der Waals surface area contributed by atoms with Gasteiger partial charge in [0, 0.05) is 42.1 Å². The van der Waals surface area contributed by atoms with Gasteiger partial charge in [0.1, 0.15) is 12.2 Å². The number of fused-ring (bicyclic) bond motifs is 5. The summed E-state index contributed by atoms with van der Waals surface area (Å²) in [6.45, 7) is 9.50. The Morgan fingerprint density at radius 1 is 1.09 bits per heavy atom. The molecule has 0 saturated heterocycles. The molecule has 4 aliphatic rings. The second-order valence-electron chi connectivity index (χ2n) is 13.5. The van der Waals surface area contributed by atoms with Crippen molar-refractivity contribution < 1.29 is 49.3 Å². The molecular formula is C33H48O10. The van der Waals surface area contributed by atoms with Gasteiger partial charge in [-0.3, -0.25) is 14.8 Å². The Hall–Kier alpha value is -2.37. The summed E-state index contributed by atoms with van der Waals surface area (Å²) < 4.78 is 12.1. The standard InChI is InChI=1S/C33H48O10/c1-7-8-9-10-11-12-13-14-15-24(36)41-29-20(3)32(39)23-16-19(2)28(37)31(23,38)17-22(18-34)26(43-40)25(32)27-30(5,6)33(27,29)42-21(4)35/h14-17,20,23,25-27,29,34,38-40H,7-13,18H2,1-6H3/b15-14+/t20-,23-,25+,26+,27-,29-,31-,32+,33-/m1/s1. The van der Waals surface area contributed by atoms with Crippen molar-refractivity contribution in [3.05, 3.63) is 35.5 Å². The molecule has 9 atom stereocenters. The Morgan fingerprint density at radius 2 is 1.74 bits per heavy atom. The summed E-state index contributed by atoms with van der Waals surface area (Å²) in [4.78, 5) is 44.0. The molecule has 0 unspecified atom stereocenters. The minimum Gasteiger partial charge on any atom is -0.455 e. The van der Waals surface area contributed by atoms with Crippen LogP contribution in [0.25, 0.3) is 0 Å². The molecule has 240 valence electrons. The van der Waals surface area contributed by atoms with Crippen LogP contribution in [0.4, 0.5) is 0 Å². The number of hydrogen-bond donors (Lipinski definition) is 4. The van der Waals surface area contributed by atoms with E-state index in [1.807, 2.05) is 13.8 Å². The van der Waals surface area contributed by atoms with Gasteiger partial charge in [-0.25, -0.2) is 9.68 Å². The first-order chi connectivity index (χ1) is 20.2. The lowest BCUT2D eigenvalue weighted by atomic mass is 9.58. The molecule has 0 spiro atoms. The summed E-state index contributed by atoms with van der Waals surface area (Å²) in [5.41, 5.74) is -6.36. The number of carbonyl (C=O) groups excluding carboxylic acids is 3. The van der Waals surface area contributed by atoms with Gasteiger partial charge in [0.2, 0.25) is 0 Å². The molecule has 0 amide bonds. The van der Waals surface area contributed by atoms with E-state index in [9.17, 15) is 35.0 Å². The third-order valence-corrected chi connectivity index (χ3v) is 10.7. The highest BCUT2D eigenvalue weighted by Crippen LogP contribution is 2.77. The van der Waals surface area contributed by atoms with E-state index in [1.54, 1.807) is 13.0 Å².